The van der Waals surface area contributed by atoms with Crippen molar-refractivity contribution in [3.63, 3.8) is 0 Å². The summed E-state index contributed by atoms with van der Waals surface area (Å²) in [4.78, 5) is 29.5. The van der Waals surface area contributed by atoms with Crippen LogP contribution in [0.3, 0.4) is 0 Å². The first-order valence-corrected chi connectivity index (χ1v) is 11.0. The van der Waals surface area contributed by atoms with Crippen molar-refractivity contribution < 1.29 is 9.59 Å². The van der Waals surface area contributed by atoms with E-state index in [2.05, 4.69) is 5.32 Å². The fraction of sp³-hybridized carbons (Fsp3) is 0.0800. The number of nitrogens with zero attached hydrogens (tertiary/aromatic N) is 1. The van der Waals surface area contributed by atoms with Crippen LogP contribution >= 0.6 is 24.0 Å². The zero-order chi connectivity index (χ0) is 22.0. The molecule has 1 aliphatic rings. The third-order valence-corrected chi connectivity index (χ3v) is 6.27. The minimum Gasteiger partial charge on any atom is -0.298 e. The van der Waals surface area contributed by atoms with Crippen LogP contribution < -0.4 is 10.2 Å². The van der Waals surface area contributed by atoms with Gasteiger partial charge in [0.25, 0.3) is 11.8 Å². The number of nitrogens with one attached hydrogen (secondary N) is 1. The van der Waals surface area contributed by atoms with E-state index in [0.29, 0.717) is 5.69 Å². The Kier molecular flexibility index (Phi) is 6.02. The van der Waals surface area contributed by atoms with E-state index in [4.69, 9.17) is 12.2 Å². The molecular formula is C25H20N2O2S2. The van der Waals surface area contributed by atoms with E-state index in [9.17, 15) is 9.59 Å². The van der Waals surface area contributed by atoms with E-state index >= 15 is 0 Å². The van der Waals surface area contributed by atoms with Gasteiger partial charge in [-0.05, 0) is 67.5 Å². The van der Waals surface area contributed by atoms with E-state index in [1.807, 2.05) is 86.6 Å². The van der Waals surface area contributed by atoms with E-state index in [1.165, 1.54) is 4.90 Å². The maximum atomic E-state index is 13.4. The molecule has 0 atom stereocenters. The maximum absolute atomic E-state index is 13.4. The van der Waals surface area contributed by atoms with Crippen molar-refractivity contribution in [2.75, 3.05) is 4.90 Å². The highest BCUT2D eigenvalue weighted by Gasteiger charge is 2.35. The van der Waals surface area contributed by atoms with Crippen molar-refractivity contribution in [1.29, 1.82) is 0 Å². The number of aryl methyl sites for hydroxylation is 2. The molecule has 0 saturated carbocycles. The first-order chi connectivity index (χ1) is 14.9. The van der Waals surface area contributed by atoms with Gasteiger partial charge in [0.2, 0.25) is 0 Å². The molecule has 1 fully saturated rings. The highest BCUT2D eigenvalue weighted by atomic mass is 32.2. The summed E-state index contributed by atoms with van der Waals surface area (Å²) < 4.78 is 0. The maximum Gasteiger partial charge on any atom is 0.270 e. The molecule has 6 heteroatoms. The molecule has 0 radical (unpaired) electrons. The average molecular weight is 445 g/mol. The lowest BCUT2D eigenvalue weighted by molar-refractivity contribution is -0.122. The topological polar surface area (TPSA) is 49.4 Å². The Labute approximate surface area is 191 Å². The molecule has 1 N–H and O–H groups in total. The van der Waals surface area contributed by atoms with Crippen molar-refractivity contribution in [1.82, 2.24) is 5.32 Å². The lowest BCUT2D eigenvalue weighted by Gasteiger charge is -2.30. The van der Waals surface area contributed by atoms with Gasteiger partial charge in [-0.15, -0.1) is 0 Å². The number of hydrogen-bond acceptors (Lipinski definition) is 4. The molecule has 154 valence electrons. The number of benzene rings is 3. The molecular weight excluding hydrogens is 424 g/mol. The Balaban J connectivity index is 1.73. The van der Waals surface area contributed by atoms with Gasteiger partial charge in [0.1, 0.15) is 5.57 Å². The summed E-state index contributed by atoms with van der Waals surface area (Å²) >= 11 is 6.91. The van der Waals surface area contributed by atoms with Crippen LogP contribution in [0.5, 0.6) is 0 Å². The van der Waals surface area contributed by atoms with Crippen molar-refractivity contribution in [2.45, 2.75) is 23.6 Å². The molecule has 0 unspecified atom stereocenters. The van der Waals surface area contributed by atoms with E-state index in [1.54, 1.807) is 17.8 Å². The fourth-order valence-electron chi connectivity index (χ4n) is 3.40. The summed E-state index contributed by atoms with van der Waals surface area (Å²) in [6.45, 7) is 3.91. The molecule has 1 aliphatic heterocycles. The summed E-state index contributed by atoms with van der Waals surface area (Å²) in [5, 5.41) is 2.75. The van der Waals surface area contributed by atoms with Gasteiger partial charge in [-0.25, -0.2) is 0 Å². The molecule has 3 aromatic rings. The molecule has 0 aliphatic carbocycles. The first-order valence-electron chi connectivity index (χ1n) is 9.74. The second-order valence-electron chi connectivity index (χ2n) is 7.20. The van der Waals surface area contributed by atoms with Gasteiger partial charge in [-0.2, -0.15) is 0 Å². The van der Waals surface area contributed by atoms with Crippen molar-refractivity contribution in [3.8, 4) is 0 Å². The second kappa shape index (κ2) is 8.88. The van der Waals surface area contributed by atoms with Crippen LogP contribution in [-0.4, -0.2) is 16.9 Å². The number of anilines is 1. The number of amides is 2. The molecule has 4 rings (SSSR count). The normalized spacial score (nSPS) is 15.4. The molecule has 1 saturated heterocycles. The van der Waals surface area contributed by atoms with Crippen molar-refractivity contribution in [3.05, 3.63) is 95.1 Å². The molecule has 1 heterocycles. The van der Waals surface area contributed by atoms with Crippen LogP contribution in [0.1, 0.15) is 16.7 Å². The van der Waals surface area contributed by atoms with Crippen LogP contribution in [0.4, 0.5) is 5.69 Å². The molecule has 0 aromatic heterocycles. The Bertz CT molecular complexity index is 1220. The SMILES string of the molecule is Cc1ccc(N2C(=O)/C(=C\c3ccccc3Sc3ccccc3)C(=O)NC2=S)c(C)c1. The van der Waals surface area contributed by atoms with Gasteiger partial charge in [0.15, 0.2) is 5.11 Å². The van der Waals surface area contributed by atoms with Gasteiger partial charge in [-0.3, -0.25) is 19.8 Å². The number of thiocarbonyl (C=S) groups is 1. The minimum absolute atomic E-state index is 0.0506. The molecule has 0 spiro atoms. The Morgan fingerprint density at radius 2 is 1.65 bits per heavy atom. The van der Waals surface area contributed by atoms with E-state index in [0.717, 1.165) is 26.5 Å². The summed E-state index contributed by atoms with van der Waals surface area (Å²) in [7, 11) is 0. The Morgan fingerprint density at radius 1 is 0.935 bits per heavy atom. The van der Waals surface area contributed by atoms with Crippen molar-refractivity contribution >= 4 is 52.7 Å². The third kappa shape index (κ3) is 4.45. The summed E-state index contributed by atoms with van der Waals surface area (Å²) in [5.74, 6) is -0.921. The fourth-order valence-corrected chi connectivity index (χ4v) is 4.61. The molecule has 3 aromatic carbocycles. The highest BCUT2D eigenvalue weighted by Crippen LogP contribution is 2.32. The molecule has 31 heavy (non-hydrogen) atoms. The predicted molar refractivity (Wildman–Crippen MR) is 129 cm³/mol. The van der Waals surface area contributed by atoms with Crippen LogP contribution in [0.25, 0.3) is 6.08 Å². The Morgan fingerprint density at radius 3 is 2.39 bits per heavy atom. The summed E-state index contributed by atoms with van der Waals surface area (Å²) in [6, 6.07) is 23.4. The quantitative estimate of drug-likeness (QED) is 0.338. The monoisotopic (exact) mass is 444 g/mol. The highest BCUT2D eigenvalue weighted by molar-refractivity contribution is 7.99. The van der Waals surface area contributed by atoms with Crippen LogP contribution in [0, 0.1) is 13.8 Å². The standard InChI is InChI=1S/C25H20N2O2S2/c1-16-12-13-21(17(2)14-16)27-24(29)20(23(28)26-25(27)30)15-18-8-6-7-11-22(18)31-19-9-4-3-5-10-19/h3-15H,1-2H3,(H,26,28,30)/b20-15-. The molecule has 4 nitrogen and oxygen atoms in total. The van der Waals surface area contributed by atoms with Crippen LogP contribution in [0.2, 0.25) is 0 Å². The zero-order valence-electron chi connectivity index (χ0n) is 17.1. The van der Waals surface area contributed by atoms with Gasteiger partial charge >= 0.3 is 0 Å². The second-order valence-corrected chi connectivity index (χ2v) is 8.70. The Hall–Kier alpha value is -3.22. The third-order valence-electron chi connectivity index (χ3n) is 4.88. The minimum atomic E-state index is -0.490. The van der Waals surface area contributed by atoms with Gasteiger partial charge in [0.05, 0.1) is 5.69 Å². The van der Waals surface area contributed by atoms with Crippen LogP contribution in [-0.2, 0) is 9.59 Å². The summed E-state index contributed by atoms with van der Waals surface area (Å²) in [5.41, 5.74) is 3.51. The lowest BCUT2D eigenvalue weighted by atomic mass is 10.0. The number of rotatable bonds is 4. The predicted octanol–water partition coefficient (Wildman–Crippen LogP) is 5.29. The summed E-state index contributed by atoms with van der Waals surface area (Å²) in [6.07, 6.45) is 1.64. The lowest BCUT2D eigenvalue weighted by Crippen LogP contribution is -2.54. The smallest absolute Gasteiger partial charge is 0.270 e. The molecule has 0 bridgehead atoms. The van der Waals surface area contributed by atoms with Gasteiger partial charge < -0.3 is 0 Å². The van der Waals surface area contributed by atoms with E-state index in [-0.39, 0.29) is 10.7 Å². The number of carbonyl (C=O) groups is 2. The average Bonchev–Trinajstić information content (AvgIpc) is 2.74. The zero-order valence-corrected chi connectivity index (χ0v) is 18.7. The van der Waals surface area contributed by atoms with E-state index < -0.39 is 11.8 Å². The van der Waals surface area contributed by atoms with Crippen molar-refractivity contribution in [2.24, 2.45) is 0 Å². The number of hydrogen-bond donors (Lipinski definition) is 1. The van der Waals surface area contributed by atoms with Gasteiger partial charge in [0, 0.05) is 9.79 Å². The molecule has 2 amide bonds. The van der Waals surface area contributed by atoms with Crippen LogP contribution in [0.15, 0.2) is 88.2 Å². The number of carbonyl (C=O) groups excluding carboxylic acids is 2. The largest absolute Gasteiger partial charge is 0.298 e. The first kappa shape index (κ1) is 21.0. The van der Waals surface area contributed by atoms with Gasteiger partial charge in [-0.1, -0.05) is 65.9 Å².